The molecule has 0 aliphatic heterocycles. The van der Waals surface area contributed by atoms with Crippen LogP contribution in [0.25, 0.3) is 22.6 Å². The van der Waals surface area contributed by atoms with Crippen molar-refractivity contribution in [1.82, 2.24) is 4.98 Å². The molecule has 3 aromatic rings. The molecule has 0 bridgehead atoms. The fourth-order valence-electron chi connectivity index (χ4n) is 2.40. The van der Waals surface area contributed by atoms with Crippen molar-refractivity contribution in [2.45, 2.75) is 39.5 Å². The summed E-state index contributed by atoms with van der Waals surface area (Å²) >= 11 is 0. The zero-order valence-electron chi connectivity index (χ0n) is 13.1. The fourth-order valence-corrected chi connectivity index (χ4v) is 2.40. The summed E-state index contributed by atoms with van der Waals surface area (Å²) in [6.07, 6.45) is 1.04. The average Bonchev–Trinajstić information content (AvgIpc) is 2.89. The molecule has 0 aliphatic carbocycles. The van der Waals surface area contributed by atoms with Gasteiger partial charge in [-0.2, -0.15) is 0 Å². The van der Waals surface area contributed by atoms with Crippen molar-refractivity contribution < 1.29 is 4.42 Å². The summed E-state index contributed by atoms with van der Waals surface area (Å²) in [5, 5.41) is 0. The second-order valence-electron chi connectivity index (χ2n) is 6.50. The van der Waals surface area contributed by atoms with Crippen LogP contribution in [0.3, 0.4) is 0 Å². The normalized spacial score (nSPS) is 12.0. The number of benzene rings is 2. The molecule has 108 valence electrons. The van der Waals surface area contributed by atoms with E-state index in [1.807, 2.05) is 6.07 Å². The number of nitrogens with zero attached hydrogens (tertiary/aromatic N) is 1. The van der Waals surface area contributed by atoms with E-state index >= 15 is 0 Å². The smallest absolute Gasteiger partial charge is 0.227 e. The van der Waals surface area contributed by atoms with E-state index in [-0.39, 0.29) is 5.41 Å². The highest BCUT2D eigenvalue weighted by Crippen LogP contribution is 2.29. The minimum absolute atomic E-state index is 0.121. The van der Waals surface area contributed by atoms with Gasteiger partial charge in [0.2, 0.25) is 5.89 Å². The van der Waals surface area contributed by atoms with Crippen LogP contribution in [0.5, 0.6) is 0 Å². The predicted molar refractivity (Wildman–Crippen MR) is 87.5 cm³/mol. The van der Waals surface area contributed by atoms with E-state index < -0.39 is 0 Å². The lowest BCUT2D eigenvalue weighted by molar-refractivity contribution is 0.590. The quantitative estimate of drug-likeness (QED) is 0.631. The van der Waals surface area contributed by atoms with E-state index in [1.54, 1.807) is 0 Å². The number of hydrogen-bond donors (Lipinski definition) is 0. The van der Waals surface area contributed by atoms with Crippen molar-refractivity contribution in [1.29, 1.82) is 0 Å². The maximum atomic E-state index is 5.88. The number of fused-ring (bicyclic) bond motifs is 1. The number of rotatable bonds is 2. The molecule has 1 heterocycles. The third-order valence-electron chi connectivity index (χ3n) is 3.86. The third kappa shape index (κ3) is 2.71. The lowest BCUT2D eigenvalue weighted by atomic mass is 9.87. The summed E-state index contributed by atoms with van der Waals surface area (Å²) in [4.78, 5) is 4.65. The zero-order valence-corrected chi connectivity index (χ0v) is 13.1. The number of hydrogen-bond acceptors (Lipinski definition) is 2. The predicted octanol–water partition coefficient (Wildman–Crippen LogP) is 5.35. The first-order valence-electron chi connectivity index (χ1n) is 7.48. The number of aromatic nitrogens is 1. The van der Waals surface area contributed by atoms with Gasteiger partial charge in [-0.25, -0.2) is 4.98 Å². The van der Waals surface area contributed by atoms with Crippen LogP contribution in [-0.4, -0.2) is 4.98 Å². The maximum Gasteiger partial charge on any atom is 0.227 e. The Morgan fingerprint density at radius 1 is 1.00 bits per heavy atom. The van der Waals surface area contributed by atoms with Crippen molar-refractivity contribution in [2.75, 3.05) is 0 Å². The van der Waals surface area contributed by atoms with Gasteiger partial charge in [-0.05, 0) is 47.2 Å². The summed E-state index contributed by atoms with van der Waals surface area (Å²) < 4.78 is 5.88. The molecule has 3 rings (SSSR count). The summed E-state index contributed by atoms with van der Waals surface area (Å²) in [6, 6.07) is 14.7. The molecular weight excluding hydrogens is 258 g/mol. The Labute approximate surface area is 125 Å². The molecule has 2 heteroatoms. The molecule has 2 aromatic carbocycles. The first-order valence-corrected chi connectivity index (χ1v) is 7.48. The van der Waals surface area contributed by atoms with Crippen LogP contribution in [0, 0.1) is 0 Å². The lowest BCUT2D eigenvalue weighted by Crippen LogP contribution is -2.10. The molecule has 0 atom stereocenters. The molecule has 0 spiro atoms. The topological polar surface area (TPSA) is 26.0 Å². The molecule has 0 saturated heterocycles. The molecule has 0 amide bonds. The zero-order chi connectivity index (χ0) is 15.0. The molecule has 0 unspecified atom stereocenters. The van der Waals surface area contributed by atoms with E-state index in [9.17, 15) is 0 Å². The maximum absolute atomic E-state index is 5.88. The summed E-state index contributed by atoms with van der Waals surface area (Å²) in [5.41, 5.74) is 5.52. The van der Waals surface area contributed by atoms with Crippen LogP contribution in [0.2, 0.25) is 0 Å². The molecule has 2 nitrogen and oxygen atoms in total. The van der Waals surface area contributed by atoms with Gasteiger partial charge >= 0.3 is 0 Å². The second kappa shape index (κ2) is 5.03. The highest BCUT2D eigenvalue weighted by molar-refractivity contribution is 5.77. The minimum Gasteiger partial charge on any atom is -0.436 e. The highest BCUT2D eigenvalue weighted by atomic mass is 16.3. The largest absolute Gasteiger partial charge is 0.436 e. The van der Waals surface area contributed by atoms with Crippen molar-refractivity contribution >= 4 is 11.1 Å². The number of oxazole rings is 1. The van der Waals surface area contributed by atoms with E-state index in [4.69, 9.17) is 4.42 Å². The molecule has 0 radical (unpaired) electrons. The Bertz CT molecular complexity index is 760. The molecule has 21 heavy (non-hydrogen) atoms. The van der Waals surface area contributed by atoms with E-state index in [1.165, 1.54) is 11.1 Å². The molecule has 0 saturated carbocycles. The Morgan fingerprint density at radius 3 is 2.33 bits per heavy atom. The van der Waals surface area contributed by atoms with Gasteiger partial charge in [0.15, 0.2) is 5.58 Å². The van der Waals surface area contributed by atoms with Gasteiger partial charge in [-0.3, -0.25) is 0 Å². The highest BCUT2D eigenvalue weighted by Gasteiger charge is 2.16. The Kier molecular flexibility index (Phi) is 3.32. The van der Waals surface area contributed by atoms with Gasteiger partial charge in [0.05, 0.1) is 0 Å². The SMILES string of the molecule is CCc1ccc(-c2nc3cc(C(C)(C)C)ccc3o2)cc1. The molecule has 0 aliphatic rings. The monoisotopic (exact) mass is 279 g/mol. The van der Waals surface area contributed by atoms with E-state index in [0.717, 1.165) is 23.1 Å². The average molecular weight is 279 g/mol. The Morgan fingerprint density at radius 2 is 1.71 bits per heavy atom. The van der Waals surface area contributed by atoms with Crippen LogP contribution in [0.15, 0.2) is 46.9 Å². The van der Waals surface area contributed by atoms with Crippen LogP contribution >= 0.6 is 0 Å². The van der Waals surface area contributed by atoms with Crippen LogP contribution in [0.1, 0.15) is 38.8 Å². The van der Waals surface area contributed by atoms with E-state index in [2.05, 4.69) is 69.1 Å². The van der Waals surface area contributed by atoms with Gasteiger partial charge in [-0.1, -0.05) is 45.9 Å². The lowest BCUT2D eigenvalue weighted by Gasteiger charge is -2.18. The van der Waals surface area contributed by atoms with Crippen molar-refractivity contribution in [3.05, 3.63) is 53.6 Å². The van der Waals surface area contributed by atoms with Gasteiger partial charge in [0.1, 0.15) is 5.52 Å². The Balaban J connectivity index is 2.04. The van der Waals surface area contributed by atoms with Crippen molar-refractivity contribution in [3.63, 3.8) is 0 Å². The third-order valence-corrected chi connectivity index (χ3v) is 3.86. The fraction of sp³-hybridized carbons (Fsp3) is 0.316. The summed E-state index contributed by atoms with van der Waals surface area (Å²) in [5.74, 6) is 0.693. The minimum atomic E-state index is 0.121. The van der Waals surface area contributed by atoms with Crippen LogP contribution < -0.4 is 0 Å². The van der Waals surface area contributed by atoms with Crippen molar-refractivity contribution in [3.8, 4) is 11.5 Å². The van der Waals surface area contributed by atoms with E-state index in [0.29, 0.717) is 5.89 Å². The van der Waals surface area contributed by atoms with Gasteiger partial charge in [-0.15, -0.1) is 0 Å². The molecule has 0 fully saturated rings. The van der Waals surface area contributed by atoms with Gasteiger partial charge < -0.3 is 4.42 Å². The molecule has 1 aromatic heterocycles. The van der Waals surface area contributed by atoms with Crippen LogP contribution in [-0.2, 0) is 11.8 Å². The standard InChI is InChI=1S/C19H21NO/c1-5-13-6-8-14(9-7-13)18-20-16-12-15(19(2,3)4)10-11-17(16)21-18/h6-12H,5H2,1-4H3. The molecular formula is C19H21NO. The number of aryl methyl sites for hydroxylation is 1. The first-order chi connectivity index (χ1) is 9.97. The summed E-state index contributed by atoms with van der Waals surface area (Å²) in [7, 11) is 0. The second-order valence-corrected chi connectivity index (χ2v) is 6.50. The first kappa shape index (κ1) is 13.9. The van der Waals surface area contributed by atoms with Crippen molar-refractivity contribution in [2.24, 2.45) is 0 Å². The Hall–Kier alpha value is -2.09. The van der Waals surface area contributed by atoms with Gasteiger partial charge in [0.25, 0.3) is 0 Å². The molecule has 0 N–H and O–H groups in total. The summed E-state index contributed by atoms with van der Waals surface area (Å²) in [6.45, 7) is 8.78. The van der Waals surface area contributed by atoms with Crippen LogP contribution in [0.4, 0.5) is 0 Å². The van der Waals surface area contributed by atoms with Gasteiger partial charge in [0, 0.05) is 5.56 Å².